The first-order chi connectivity index (χ1) is 9.92. The number of sulfonamides is 1. The average Bonchev–Trinajstić information content (AvgIpc) is 2.47. The molecule has 21 heavy (non-hydrogen) atoms. The molecule has 0 saturated heterocycles. The summed E-state index contributed by atoms with van der Waals surface area (Å²) in [4.78, 5) is 0.168. The van der Waals surface area contributed by atoms with E-state index in [0.717, 1.165) is 5.56 Å². The van der Waals surface area contributed by atoms with Gasteiger partial charge in [-0.2, -0.15) is 18.1 Å². The molecule has 0 amide bonds. The van der Waals surface area contributed by atoms with Crippen LogP contribution < -0.4 is 0 Å². The summed E-state index contributed by atoms with van der Waals surface area (Å²) in [6.07, 6.45) is 0. The summed E-state index contributed by atoms with van der Waals surface area (Å²) in [6, 6.07) is 15.2. The SMILES string of the molecule is CC(=NS(=O)(=O)c1ccc(C)cc1)c1ccc(C#N)cc1. The van der Waals surface area contributed by atoms with Crippen LogP contribution in [0.1, 0.15) is 23.6 Å². The quantitative estimate of drug-likeness (QED) is 0.818. The molecule has 5 heteroatoms. The van der Waals surface area contributed by atoms with E-state index in [1.165, 1.54) is 0 Å². The number of nitriles is 1. The molecule has 0 spiro atoms. The fourth-order valence-corrected chi connectivity index (χ4v) is 2.83. The Kier molecular flexibility index (Phi) is 4.20. The van der Waals surface area contributed by atoms with Crippen LogP contribution in [-0.4, -0.2) is 14.1 Å². The number of aryl methyl sites for hydroxylation is 1. The molecule has 106 valence electrons. The van der Waals surface area contributed by atoms with Crippen LogP contribution in [-0.2, 0) is 10.0 Å². The maximum atomic E-state index is 12.2. The van der Waals surface area contributed by atoms with Crippen molar-refractivity contribution in [2.75, 3.05) is 0 Å². The van der Waals surface area contributed by atoms with Crippen molar-refractivity contribution >= 4 is 15.7 Å². The summed E-state index contributed by atoms with van der Waals surface area (Å²) in [6.45, 7) is 3.52. The van der Waals surface area contributed by atoms with Crippen LogP contribution in [0.5, 0.6) is 0 Å². The summed E-state index contributed by atoms with van der Waals surface area (Å²) in [7, 11) is -3.72. The van der Waals surface area contributed by atoms with Gasteiger partial charge in [-0.15, -0.1) is 0 Å². The second kappa shape index (κ2) is 5.90. The van der Waals surface area contributed by atoms with Crippen LogP contribution in [0.4, 0.5) is 0 Å². The lowest BCUT2D eigenvalue weighted by molar-refractivity contribution is 0.598. The number of hydrogen-bond donors (Lipinski definition) is 0. The second-order valence-corrected chi connectivity index (χ2v) is 6.26. The van der Waals surface area contributed by atoms with Gasteiger partial charge in [-0.3, -0.25) is 0 Å². The minimum Gasteiger partial charge on any atom is -0.199 e. The Morgan fingerprint density at radius 3 is 2.14 bits per heavy atom. The molecule has 0 radical (unpaired) electrons. The lowest BCUT2D eigenvalue weighted by Crippen LogP contribution is -2.03. The zero-order valence-electron chi connectivity index (χ0n) is 11.7. The third-order valence-corrected chi connectivity index (χ3v) is 4.39. The minimum atomic E-state index is -3.72. The highest BCUT2D eigenvalue weighted by Gasteiger charge is 2.13. The van der Waals surface area contributed by atoms with Crippen molar-refractivity contribution in [2.24, 2.45) is 4.40 Å². The highest BCUT2D eigenvalue weighted by molar-refractivity contribution is 7.90. The largest absolute Gasteiger partial charge is 0.282 e. The Labute approximate surface area is 124 Å². The second-order valence-electron chi connectivity index (χ2n) is 4.65. The number of hydrogen-bond acceptors (Lipinski definition) is 3. The van der Waals surface area contributed by atoms with E-state index < -0.39 is 10.0 Å². The van der Waals surface area contributed by atoms with Crippen molar-refractivity contribution in [2.45, 2.75) is 18.7 Å². The van der Waals surface area contributed by atoms with Crippen molar-refractivity contribution in [1.29, 1.82) is 5.26 Å². The van der Waals surface area contributed by atoms with Crippen molar-refractivity contribution in [3.8, 4) is 6.07 Å². The summed E-state index contributed by atoms with van der Waals surface area (Å²) in [5, 5.41) is 8.75. The maximum Gasteiger partial charge on any atom is 0.282 e. The van der Waals surface area contributed by atoms with Crippen molar-refractivity contribution in [1.82, 2.24) is 0 Å². The molecule has 0 aliphatic rings. The molecule has 0 aliphatic heterocycles. The molecular formula is C16H14N2O2S. The Morgan fingerprint density at radius 2 is 1.62 bits per heavy atom. The standard InChI is InChI=1S/C16H14N2O2S/c1-12-3-9-16(10-4-12)21(19,20)18-13(2)15-7-5-14(11-17)6-8-15/h3-10H,1-2H3. The van der Waals surface area contributed by atoms with Gasteiger partial charge in [0.15, 0.2) is 0 Å². The Morgan fingerprint density at radius 1 is 1.05 bits per heavy atom. The maximum absolute atomic E-state index is 12.2. The van der Waals surface area contributed by atoms with Gasteiger partial charge in [0.2, 0.25) is 0 Å². The minimum absolute atomic E-state index is 0.168. The van der Waals surface area contributed by atoms with Crippen LogP contribution in [0.3, 0.4) is 0 Å². The molecule has 2 rings (SSSR count). The molecule has 2 aromatic carbocycles. The molecular weight excluding hydrogens is 284 g/mol. The first-order valence-electron chi connectivity index (χ1n) is 6.31. The third-order valence-electron chi connectivity index (χ3n) is 3.01. The molecule has 2 aromatic rings. The molecule has 0 fully saturated rings. The molecule has 0 heterocycles. The first-order valence-corrected chi connectivity index (χ1v) is 7.75. The van der Waals surface area contributed by atoms with E-state index in [0.29, 0.717) is 16.8 Å². The Balaban J connectivity index is 2.36. The van der Waals surface area contributed by atoms with E-state index in [-0.39, 0.29) is 4.90 Å². The van der Waals surface area contributed by atoms with E-state index in [2.05, 4.69) is 4.40 Å². The van der Waals surface area contributed by atoms with E-state index >= 15 is 0 Å². The van der Waals surface area contributed by atoms with Gasteiger partial charge in [0.25, 0.3) is 10.0 Å². The molecule has 0 aliphatic carbocycles. The molecule has 0 unspecified atom stereocenters. The van der Waals surface area contributed by atoms with Gasteiger partial charge < -0.3 is 0 Å². The summed E-state index contributed by atoms with van der Waals surface area (Å²) >= 11 is 0. The van der Waals surface area contributed by atoms with Crippen LogP contribution in [0.15, 0.2) is 57.8 Å². The first kappa shape index (κ1) is 14.9. The normalized spacial score (nSPS) is 12.0. The van der Waals surface area contributed by atoms with Crippen molar-refractivity contribution in [3.05, 3.63) is 65.2 Å². The van der Waals surface area contributed by atoms with Crippen LogP contribution in [0, 0.1) is 18.3 Å². The predicted molar refractivity (Wildman–Crippen MR) is 81.7 cm³/mol. The van der Waals surface area contributed by atoms with Gasteiger partial charge in [-0.1, -0.05) is 29.8 Å². The van der Waals surface area contributed by atoms with Crippen molar-refractivity contribution in [3.63, 3.8) is 0 Å². The van der Waals surface area contributed by atoms with E-state index in [4.69, 9.17) is 5.26 Å². The van der Waals surface area contributed by atoms with Gasteiger partial charge in [0.1, 0.15) is 0 Å². The van der Waals surface area contributed by atoms with E-state index in [1.807, 2.05) is 13.0 Å². The zero-order chi connectivity index (χ0) is 15.5. The lowest BCUT2D eigenvalue weighted by atomic mass is 10.1. The molecule has 0 N–H and O–H groups in total. The molecule has 0 bridgehead atoms. The van der Waals surface area contributed by atoms with Crippen LogP contribution >= 0.6 is 0 Å². The molecule has 4 nitrogen and oxygen atoms in total. The molecule has 0 atom stereocenters. The number of benzene rings is 2. The number of nitrogens with zero attached hydrogens (tertiary/aromatic N) is 2. The fraction of sp³-hybridized carbons (Fsp3) is 0.125. The summed E-state index contributed by atoms with van der Waals surface area (Å²) in [5.74, 6) is 0. The molecule has 0 aromatic heterocycles. The summed E-state index contributed by atoms with van der Waals surface area (Å²) < 4.78 is 28.3. The Bertz CT molecular complexity index is 812. The van der Waals surface area contributed by atoms with Crippen molar-refractivity contribution < 1.29 is 8.42 Å². The van der Waals surface area contributed by atoms with Crippen LogP contribution in [0.25, 0.3) is 0 Å². The van der Waals surface area contributed by atoms with Gasteiger partial charge in [0.05, 0.1) is 22.2 Å². The van der Waals surface area contributed by atoms with Gasteiger partial charge in [-0.25, -0.2) is 0 Å². The monoisotopic (exact) mass is 298 g/mol. The third kappa shape index (κ3) is 3.56. The van der Waals surface area contributed by atoms with E-state index in [9.17, 15) is 8.42 Å². The van der Waals surface area contributed by atoms with Gasteiger partial charge in [0, 0.05) is 0 Å². The predicted octanol–water partition coefficient (Wildman–Crippen LogP) is 3.06. The Hall–Kier alpha value is -2.45. The summed E-state index contributed by atoms with van der Waals surface area (Å²) in [5.41, 5.74) is 2.57. The average molecular weight is 298 g/mol. The topological polar surface area (TPSA) is 70.3 Å². The van der Waals surface area contributed by atoms with Gasteiger partial charge in [-0.05, 0) is 43.7 Å². The lowest BCUT2D eigenvalue weighted by Gasteiger charge is -2.03. The number of rotatable bonds is 3. The van der Waals surface area contributed by atoms with Gasteiger partial charge >= 0.3 is 0 Å². The zero-order valence-corrected chi connectivity index (χ0v) is 12.6. The fourth-order valence-electron chi connectivity index (χ4n) is 1.78. The highest BCUT2D eigenvalue weighted by Crippen LogP contribution is 2.15. The highest BCUT2D eigenvalue weighted by atomic mass is 32.2. The molecule has 0 saturated carbocycles. The van der Waals surface area contributed by atoms with Crippen LogP contribution in [0.2, 0.25) is 0 Å². The van der Waals surface area contributed by atoms with E-state index in [1.54, 1.807) is 55.5 Å². The smallest absolute Gasteiger partial charge is 0.199 e.